The number of pyridine rings is 1. The summed E-state index contributed by atoms with van der Waals surface area (Å²) < 4.78 is 2.65. The molecular formula is C24H24N6O2S. The Morgan fingerprint density at radius 1 is 1.15 bits per heavy atom. The Labute approximate surface area is 195 Å². The molecule has 5 rings (SSSR count). The zero-order valence-electron chi connectivity index (χ0n) is 18.2. The number of rotatable bonds is 4. The minimum absolute atomic E-state index is 0.00274. The number of likely N-dealkylation sites (tertiary alicyclic amines) is 1. The van der Waals surface area contributed by atoms with Gasteiger partial charge in [-0.1, -0.05) is 18.2 Å². The van der Waals surface area contributed by atoms with Gasteiger partial charge >= 0.3 is 0 Å². The van der Waals surface area contributed by atoms with E-state index >= 15 is 0 Å². The van der Waals surface area contributed by atoms with Crippen LogP contribution >= 0.6 is 11.3 Å². The van der Waals surface area contributed by atoms with Gasteiger partial charge in [0.2, 0.25) is 0 Å². The molecule has 4 heterocycles. The van der Waals surface area contributed by atoms with Gasteiger partial charge in [-0.25, -0.2) is 4.98 Å². The van der Waals surface area contributed by atoms with Crippen molar-refractivity contribution in [2.75, 3.05) is 18.8 Å². The van der Waals surface area contributed by atoms with E-state index in [9.17, 15) is 9.59 Å². The lowest BCUT2D eigenvalue weighted by atomic mass is 10.0. The number of piperidine rings is 1. The first-order chi connectivity index (χ1) is 16.0. The van der Waals surface area contributed by atoms with Crippen molar-refractivity contribution in [2.45, 2.75) is 18.9 Å². The van der Waals surface area contributed by atoms with Crippen LogP contribution in [0.5, 0.6) is 0 Å². The lowest BCUT2D eigenvalue weighted by molar-refractivity contribution is 0.0698. The smallest absolute Gasteiger partial charge is 0.253 e. The molecule has 2 amide bonds. The van der Waals surface area contributed by atoms with Crippen LogP contribution in [0.15, 0.2) is 54.3 Å². The highest BCUT2D eigenvalue weighted by Crippen LogP contribution is 2.37. The molecule has 33 heavy (non-hydrogen) atoms. The number of anilines is 1. The van der Waals surface area contributed by atoms with Gasteiger partial charge < -0.3 is 16.0 Å². The van der Waals surface area contributed by atoms with Crippen LogP contribution < -0.4 is 11.1 Å². The Morgan fingerprint density at radius 3 is 2.61 bits per heavy atom. The largest absolute Gasteiger partial charge is 0.383 e. The second kappa shape index (κ2) is 8.67. The van der Waals surface area contributed by atoms with Gasteiger partial charge in [0.05, 0.1) is 11.8 Å². The predicted octanol–water partition coefficient (Wildman–Crippen LogP) is 3.31. The van der Waals surface area contributed by atoms with Crippen LogP contribution in [-0.2, 0) is 7.05 Å². The van der Waals surface area contributed by atoms with E-state index in [1.54, 1.807) is 17.1 Å². The maximum atomic E-state index is 13.1. The first kappa shape index (κ1) is 21.1. The number of nitrogens with two attached hydrogens (primary N) is 1. The van der Waals surface area contributed by atoms with Crippen molar-refractivity contribution in [3.63, 3.8) is 0 Å². The summed E-state index contributed by atoms with van der Waals surface area (Å²) >= 11 is 1.48. The Hall–Kier alpha value is -3.72. The van der Waals surface area contributed by atoms with E-state index in [1.807, 2.05) is 53.9 Å². The van der Waals surface area contributed by atoms with Gasteiger partial charge in [0.1, 0.15) is 5.82 Å². The number of thiophene rings is 1. The number of nitrogens with zero attached hydrogens (tertiary/aromatic N) is 4. The molecule has 1 aliphatic heterocycles. The van der Waals surface area contributed by atoms with Crippen LogP contribution in [0.4, 0.5) is 5.82 Å². The summed E-state index contributed by atoms with van der Waals surface area (Å²) in [6.45, 7) is 1.22. The fourth-order valence-corrected chi connectivity index (χ4v) is 5.34. The summed E-state index contributed by atoms with van der Waals surface area (Å²) in [6, 6.07) is 9.29. The van der Waals surface area contributed by atoms with Crippen LogP contribution in [0.2, 0.25) is 0 Å². The number of aryl methyl sites for hydroxylation is 1. The molecule has 1 saturated heterocycles. The summed E-state index contributed by atoms with van der Waals surface area (Å²) in [7, 11) is 1.86. The van der Waals surface area contributed by atoms with E-state index in [4.69, 9.17) is 5.73 Å². The molecule has 1 aromatic carbocycles. The minimum atomic E-state index is -0.161. The van der Waals surface area contributed by atoms with E-state index in [1.165, 1.54) is 11.3 Å². The van der Waals surface area contributed by atoms with Crippen LogP contribution in [-0.4, -0.2) is 50.6 Å². The molecule has 1 fully saturated rings. The Kier molecular flexibility index (Phi) is 5.55. The van der Waals surface area contributed by atoms with Crippen molar-refractivity contribution in [3.05, 3.63) is 65.4 Å². The van der Waals surface area contributed by atoms with Crippen molar-refractivity contribution in [2.24, 2.45) is 7.05 Å². The maximum Gasteiger partial charge on any atom is 0.253 e. The van der Waals surface area contributed by atoms with Crippen molar-refractivity contribution in [1.82, 2.24) is 25.0 Å². The molecule has 0 saturated carbocycles. The zero-order valence-corrected chi connectivity index (χ0v) is 19.0. The van der Waals surface area contributed by atoms with Gasteiger partial charge in [-0.2, -0.15) is 5.10 Å². The average molecular weight is 461 g/mol. The first-order valence-corrected chi connectivity index (χ1v) is 11.7. The molecule has 3 N–H and O–H groups in total. The predicted molar refractivity (Wildman–Crippen MR) is 129 cm³/mol. The third-order valence-electron chi connectivity index (χ3n) is 6.02. The summed E-state index contributed by atoms with van der Waals surface area (Å²) in [5.74, 6) is 0.212. The van der Waals surface area contributed by atoms with Crippen LogP contribution in [0, 0.1) is 0 Å². The van der Waals surface area contributed by atoms with Crippen molar-refractivity contribution >= 4 is 39.1 Å². The van der Waals surface area contributed by atoms with E-state index in [0.29, 0.717) is 48.3 Å². The first-order valence-electron chi connectivity index (χ1n) is 10.8. The van der Waals surface area contributed by atoms with Gasteiger partial charge in [0.15, 0.2) is 0 Å². The second-order valence-corrected chi connectivity index (χ2v) is 9.10. The summed E-state index contributed by atoms with van der Waals surface area (Å²) in [4.78, 5) is 32.0. The van der Waals surface area contributed by atoms with E-state index < -0.39 is 0 Å². The summed E-state index contributed by atoms with van der Waals surface area (Å²) in [5.41, 5.74) is 9.25. The van der Waals surface area contributed by atoms with Gasteiger partial charge in [0.25, 0.3) is 11.8 Å². The molecule has 1 aliphatic rings. The quantitative estimate of drug-likeness (QED) is 0.486. The third-order valence-corrected chi connectivity index (χ3v) is 7.04. The fraction of sp³-hybridized carbons (Fsp3) is 0.250. The second-order valence-electron chi connectivity index (χ2n) is 8.22. The molecule has 9 heteroatoms. The standard InChI is InChI=1S/C24H24N6O2S/c1-29-13-16(11-27-29)18-12-26-22(25)20-19(14-33-21(18)20)23(31)28-17-7-9-30(10-8-17)24(32)15-5-3-2-4-6-15/h2-6,11-14,17H,7-10H2,1H3,(H2,25,26)(H,28,31). The Morgan fingerprint density at radius 2 is 1.91 bits per heavy atom. The highest BCUT2D eigenvalue weighted by Gasteiger charge is 2.26. The number of nitrogen functional groups attached to an aromatic ring is 1. The van der Waals surface area contributed by atoms with Crippen LogP contribution in [0.3, 0.4) is 0 Å². The fourth-order valence-electron chi connectivity index (χ4n) is 4.25. The number of carbonyl (C=O) groups excluding carboxylic acids is 2. The minimum Gasteiger partial charge on any atom is -0.383 e. The number of fused-ring (bicyclic) bond motifs is 1. The van der Waals surface area contributed by atoms with Crippen molar-refractivity contribution in [1.29, 1.82) is 0 Å². The molecule has 0 bridgehead atoms. The number of benzene rings is 1. The lowest BCUT2D eigenvalue weighted by Gasteiger charge is -2.32. The van der Waals surface area contributed by atoms with Gasteiger partial charge in [-0.15, -0.1) is 11.3 Å². The maximum absolute atomic E-state index is 13.1. The van der Waals surface area contributed by atoms with Gasteiger partial charge in [-0.3, -0.25) is 14.3 Å². The Balaban J connectivity index is 1.30. The molecule has 0 unspecified atom stereocenters. The molecule has 4 aromatic rings. The molecule has 3 aromatic heterocycles. The SMILES string of the molecule is Cn1cc(-c2cnc(N)c3c(C(=O)NC4CCN(C(=O)c5ccccc5)CC4)csc23)cn1. The van der Waals surface area contributed by atoms with Crippen molar-refractivity contribution in [3.8, 4) is 11.1 Å². The van der Waals surface area contributed by atoms with Gasteiger partial charge in [0, 0.05) is 70.7 Å². The number of hydrogen-bond acceptors (Lipinski definition) is 6. The molecule has 0 radical (unpaired) electrons. The highest BCUT2D eigenvalue weighted by molar-refractivity contribution is 7.18. The number of aromatic nitrogens is 3. The van der Waals surface area contributed by atoms with Crippen LogP contribution in [0.1, 0.15) is 33.6 Å². The molecule has 8 nitrogen and oxygen atoms in total. The molecule has 168 valence electrons. The van der Waals surface area contributed by atoms with Gasteiger partial charge in [-0.05, 0) is 25.0 Å². The van der Waals surface area contributed by atoms with Crippen molar-refractivity contribution < 1.29 is 9.59 Å². The molecule has 0 aliphatic carbocycles. The number of amides is 2. The summed E-state index contributed by atoms with van der Waals surface area (Å²) in [6.07, 6.45) is 6.84. The number of nitrogens with one attached hydrogen (secondary N) is 1. The highest BCUT2D eigenvalue weighted by atomic mass is 32.1. The number of hydrogen-bond donors (Lipinski definition) is 2. The zero-order chi connectivity index (χ0) is 22.9. The third kappa shape index (κ3) is 4.07. The topological polar surface area (TPSA) is 106 Å². The van der Waals surface area contributed by atoms with E-state index in [2.05, 4.69) is 15.4 Å². The summed E-state index contributed by atoms with van der Waals surface area (Å²) in [5, 5.41) is 9.88. The van der Waals surface area contributed by atoms with Crippen LogP contribution in [0.25, 0.3) is 21.2 Å². The Bertz CT molecular complexity index is 1320. The molecule has 0 spiro atoms. The molecular weight excluding hydrogens is 436 g/mol. The van der Waals surface area contributed by atoms with E-state index in [0.717, 1.165) is 15.8 Å². The van der Waals surface area contributed by atoms with E-state index in [-0.39, 0.29) is 17.9 Å². The number of carbonyl (C=O) groups is 2. The monoisotopic (exact) mass is 460 g/mol. The lowest BCUT2D eigenvalue weighted by Crippen LogP contribution is -2.46. The normalized spacial score (nSPS) is 14.5. The average Bonchev–Trinajstić information content (AvgIpc) is 3.47. The molecule has 0 atom stereocenters.